The van der Waals surface area contributed by atoms with Gasteiger partial charge >= 0.3 is 5.91 Å². The number of thiazole rings is 1. The van der Waals surface area contributed by atoms with Crippen LogP contribution in [0.15, 0.2) is 78.4 Å². The van der Waals surface area contributed by atoms with Gasteiger partial charge in [-0.05, 0) is 48.0 Å². The number of carbonyl (C=O) groups excluding carboxylic acids is 2. The second-order valence-corrected chi connectivity index (χ2v) is 8.64. The molecule has 0 unspecified atom stereocenters. The highest BCUT2D eigenvalue weighted by Crippen LogP contribution is 2.44. The molecule has 0 saturated carbocycles. The normalized spacial score (nSPS) is 17.9. The average molecular weight is 465 g/mol. The Balaban J connectivity index is 1.72. The summed E-state index contributed by atoms with van der Waals surface area (Å²) >= 11 is 7.05. The van der Waals surface area contributed by atoms with Gasteiger partial charge in [0.2, 0.25) is 0 Å². The van der Waals surface area contributed by atoms with Gasteiger partial charge in [-0.25, -0.2) is 9.37 Å². The minimum absolute atomic E-state index is 0.0473. The molecule has 32 heavy (non-hydrogen) atoms. The van der Waals surface area contributed by atoms with Crippen molar-refractivity contribution >= 4 is 55.7 Å². The Hall–Kier alpha value is -3.55. The van der Waals surface area contributed by atoms with Crippen molar-refractivity contribution in [2.45, 2.75) is 6.04 Å². The van der Waals surface area contributed by atoms with Crippen LogP contribution in [0.4, 0.5) is 9.52 Å². The molecule has 1 aromatic heterocycles. The van der Waals surface area contributed by atoms with Gasteiger partial charge in [-0.2, -0.15) is 0 Å². The molecule has 1 fully saturated rings. The van der Waals surface area contributed by atoms with Crippen molar-refractivity contribution in [3.05, 3.63) is 100 Å². The van der Waals surface area contributed by atoms with Crippen LogP contribution >= 0.6 is 22.9 Å². The zero-order valence-electron chi connectivity index (χ0n) is 16.3. The number of anilines is 1. The number of rotatable bonds is 3. The lowest BCUT2D eigenvalue weighted by atomic mass is 9.95. The first-order valence-corrected chi connectivity index (χ1v) is 10.8. The van der Waals surface area contributed by atoms with Gasteiger partial charge in [0.05, 0.1) is 21.8 Å². The van der Waals surface area contributed by atoms with E-state index in [1.165, 1.54) is 23.1 Å². The molecular weight excluding hydrogens is 451 g/mol. The van der Waals surface area contributed by atoms with Crippen LogP contribution in [0.2, 0.25) is 5.02 Å². The second kappa shape index (κ2) is 7.85. The van der Waals surface area contributed by atoms with Crippen molar-refractivity contribution in [1.82, 2.24) is 4.98 Å². The lowest BCUT2D eigenvalue weighted by Crippen LogP contribution is -2.29. The standard InChI is InChI=1S/C24H14ClFN2O3S/c25-15-8-6-14(7-9-15)21(29)19-20(13-4-2-1-3-5-13)28(23(31)22(19)30)24-27-17-11-10-16(26)12-18(17)32-24/h1-12,20,29H/t20-/m1/s1. The minimum atomic E-state index is -0.891. The maximum Gasteiger partial charge on any atom is 0.301 e. The number of aliphatic hydroxyl groups is 1. The zero-order valence-corrected chi connectivity index (χ0v) is 17.9. The number of hydrogen-bond donors (Lipinski definition) is 1. The Morgan fingerprint density at radius 3 is 2.47 bits per heavy atom. The number of carbonyl (C=O) groups is 2. The number of ketones is 1. The highest BCUT2D eigenvalue weighted by atomic mass is 35.5. The molecule has 0 spiro atoms. The number of nitrogens with zero attached hydrogens (tertiary/aromatic N) is 2. The summed E-state index contributed by atoms with van der Waals surface area (Å²) in [5, 5.41) is 11.8. The summed E-state index contributed by atoms with van der Waals surface area (Å²) in [5.41, 5.74) is 1.46. The van der Waals surface area contributed by atoms with E-state index in [4.69, 9.17) is 11.6 Å². The molecule has 8 heteroatoms. The molecular formula is C24H14ClFN2O3S. The molecule has 5 nitrogen and oxygen atoms in total. The number of benzene rings is 3. The Morgan fingerprint density at radius 2 is 1.75 bits per heavy atom. The lowest BCUT2D eigenvalue weighted by Gasteiger charge is -2.22. The highest BCUT2D eigenvalue weighted by Gasteiger charge is 2.48. The summed E-state index contributed by atoms with van der Waals surface area (Å²) in [6.45, 7) is 0. The molecule has 1 amide bonds. The Kier molecular flexibility index (Phi) is 5.00. The SMILES string of the molecule is O=C1C(=O)N(c2nc3ccc(F)cc3s2)[C@H](c2ccccc2)C1=C(O)c1ccc(Cl)cc1. The second-order valence-electron chi connectivity index (χ2n) is 7.20. The van der Waals surface area contributed by atoms with E-state index < -0.39 is 23.5 Å². The molecule has 1 atom stereocenters. The maximum absolute atomic E-state index is 13.7. The summed E-state index contributed by atoms with van der Waals surface area (Å²) in [5.74, 6) is -2.36. The van der Waals surface area contributed by atoms with Gasteiger partial charge < -0.3 is 5.11 Å². The molecule has 1 aliphatic heterocycles. The summed E-state index contributed by atoms with van der Waals surface area (Å²) in [4.78, 5) is 32.0. The Bertz CT molecular complexity index is 1400. The van der Waals surface area contributed by atoms with Crippen LogP contribution in [0, 0.1) is 5.82 Å². The number of aliphatic hydroxyl groups excluding tert-OH is 1. The van der Waals surface area contributed by atoms with E-state index in [9.17, 15) is 19.1 Å². The summed E-state index contributed by atoms with van der Waals surface area (Å²) in [6, 6.07) is 18.5. The Labute approximate surface area is 191 Å². The summed E-state index contributed by atoms with van der Waals surface area (Å²) < 4.78 is 14.2. The fraction of sp³-hybridized carbons (Fsp3) is 0.0417. The van der Waals surface area contributed by atoms with Crippen molar-refractivity contribution in [2.24, 2.45) is 0 Å². The molecule has 4 aromatic rings. The monoisotopic (exact) mass is 464 g/mol. The van der Waals surface area contributed by atoms with Crippen molar-refractivity contribution in [3.63, 3.8) is 0 Å². The molecule has 0 bridgehead atoms. The summed E-state index contributed by atoms with van der Waals surface area (Å²) in [6.07, 6.45) is 0. The third-order valence-corrected chi connectivity index (χ3v) is 6.49. The lowest BCUT2D eigenvalue weighted by molar-refractivity contribution is -0.132. The molecule has 0 radical (unpaired) electrons. The van der Waals surface area contributed by atoms with E-state index in [0.29, 0.717) is 26.4 Å². The van der Waals surface area contributed by atoms with Crippen LogP contribution in [0.1, 0.15) is 17.2 Å². The molecule has 3 aromatic carbocycles. The van der Waals surface area contributed by atoms with Crippen molar-refractivity contribution < 1.29 is 19.1 Å². The number of Topliss-reactive ketones (excluding diaryl/α,β-unsaturated/α-hetero) is 1. The van der Waals surface area contributed by atoms with Gasteiger partial charge in [0.1, 0.15) is 11.6 Å². The van der Waals surface area contributed by atoms with Crippen LogP contribution in [-0.2, 0) is 9.59 Å². The van der Waals surface area contributed by atoms with Crippen LogP contribution in [-0.4, -0.2) is 21.8 Å². The number of fused-ring (bicyclic) bond motifs is 1. The average Bonchev–Trinajstić information content (AvgIpc) is 3.32. The van der Waals surface area contributed by atoms with E-state index in [2.05, 4.69) is 4.98 Å². The van der Waals surface area contributed by atoms with Crippen LogP contribution in [0.25, 0.3) is 16.0 Å². The van der Waals surface area contributed by atoms with Crippen LogP contribution < -0.4 is 4.90 Å². The van der Waals surface area contributed by atoms with Gasteiger partial charge in [0.15, 0.2) is 5.13 Å². The largest absolute Gasteiger partial charge is 0.507 e. The van der Waals surface area contributed by atoms with Crippen LogP contribution in [0.5, 0.6) is 0 Å². The zero-order chi connectivity index (χ0) is 22.4. The van der Waals surface area contributed by atoms with Crippen LogP contribution in [0.3, 0.4) is 0 Å². The number of aromatic nitrogens is 1. The molecule has 2 heterocycles. The van der Waals surface area contributed by atoms with E-state index in [1.807, 2.05) is 6.07 Å². The number of amides is 1. The minimum Gasteiger partial charge on any atom is -0.507 e. The predicted octanol–water partition coefficient (Wildman–Crippen LogP) is 5.72. The topological polar surface area (TPSA) is 70.5 Å². The molecule has 158 valence electrons. The van der Waals surface area contributed by atoms with Crippen molar-refractivity contribution in [2.75, 3.05) is 4.90 Å². The predicted molar refractivity (Wildman–Crippen MR) is 122 cm³/mol. The van der Waals surface area contributed by atoms with E-state index in [1.54, 1.807) is 48.5 Å². The van der Waals surface area contributed by atoms with E-state index in [-0.39, 0.29) is 16.5 Å². The fourth-order valence-corrected chi connectivity index (χ4v) is 4.88. The quantitative estimate of drug-likeness (QED) is 0.239. The maximum atomic E-state index is 13.7. The first kappa shape index (κ1) is 20.4. The third-order valence-electron chi connectivity index (χ3n) is 5.22. The van der Waals surface area contributed by atoms with Gasteiger partial charge in [-0.1, -0.05) is 53.3 Å². The van der Waals surface area contributed by atoms with Gasteiger partial charge in [0, 0.05) is 10.6 Å². The molecule has 1 aliphatic rings. The third kappa shape index (κ3) is 3.36. The van der Waals surface area contributed by atoms with Crippen molar-refractivity contribution in [1.29, 1.82) is 0 Å². The van der Waals surface area contributed by atoms with Gasteiger partial charge in [-0.15, -0.1) is 0 Å². The first-order chi connectivity index (χ1) is 15.4. The fourth-order valence-electron chi connectivity index (χ4n) is 3.73. The first-order valence-electron chi connectivity index (χ1n) is 9.62. The number of hydrogen-bond acceptors (Lipinski definition) is 5. The van der Waals surface area contributed by atoms with Gasteiger partial charge in [-0.3, -0.25) is 14.5 Å². The van der Waals surface area contributed by atoms with E-state index in [0.717, 1.165) is 11.3 Å². The molecule has 5 rings (SSSR count). The summed E-state index contributed by atoms with van der Waals surface area (Å²) in [7, 11) is 0. The molecule has 1 saturated heterocycles. The van der Waals surface area contributed by atoms with E-state index >= 15 is 0 Å². The van der Waals surface area contributed by atoms with Crippen molar-refractivity contribution in [3.8, 4) is 0 Å². The number of halogens is 2. The Morgan fingerprint density at radius 1 is 1.03 bits per heavy atom. The van der Waals surface area contributed by atoms with Gasteiger partial charge in [0.25, 0.3) is 5.78 Å². The molecule has 1 N–H and O–H groups in total. The highest BCUT2D eigenvalue weighted by molar-refractivity contribution is 7.22. The molecule has 0 aliphatic carbocycles. The smallest absolute Gasteiger partial charge is 0.301 e.